The average molecular weight is 241 g/mol. The Kier molecular flexibility index (Phi) is 4.36. The van der Waals surface area contributed by atoms with Gasteiger partial charge in [-0.25, -0.2) is 9.78 Å². The highest BCUT2D eigenvalue weighted by atomic mass is 35.5. The number of halogens is 1. The van der Waals surface area contributed by atoms with Gasteiger partial charge in [-0.05, 0) is 12.1 Å². The Labute approximate surface area is 97.0 Å². The van der Waals surface area contributed by atoms with Crippen LogP contribution in [0.25, 0.3) is 0 Å². The predicted octanol–water partition coefficient (Wildman–Crippen LogP) is 1.11. The number of nitriles is 1. The Bertz CT molecular complexity index is 430. The first-order chi connectivity index (χ1) is 7.61. The van der Waals surface area contributed by atoms with Crippen molar-refractivity contribution in [2.75, 3.05) is 18.5 Å². The van der Waals surface area contributed by atoms with E-state index in [-0.39, 0.29) is 11.8 Å². The lowest BCUT2D eigenvalue weighted by Crippen LogP contribution is -2.18. The Morgan fingerprint density at radius 3 is 3.06 bits per heavy atom. The van der Waals surface area contributed by atoms with Crippen LogP contribution < -0.4 is 11.1 Å². The minimum Gasteiger partial charge on any atom is -0.448 e. The third-order valence-electron chi connectivity index (χ3n) is 1.58. The quantitative estimate of drug-likeness (QED) is 0.606. The molecule has 0 aromatic carbocycles. The lowest BCUT2D eigenvalue weighted by Gasteiger charge is -2.05. The first-order valence-electron chi connectivity index (χ1n) is 4.35. The molecule has 1 aromatic heterocycles. The third kappa shape index (κ3) is 4.02. The maximum absolute atomic E-state index is 10.3. The molecule has 6 nitrogen and oxygen atoms in total. The molecule has 0 unspecified atom stereocenters. The van der Waals surface area contributed by atoms with E-state index in [0.29, 0.717) is 17.9 Å². The summed E-state index contributed by atoms with van der Waals surface area (Å²) in [5.74, 6) is 0.442. The molecule has 0 bridgehead atoms. The molecule has 16 heavy (non-hydrogen) atoms. The van der Waals surface area contributed by atoms with Crippen LogP contribution in [0.5, 0.6) is 0 Å². The number of hydrogen-bond donors (Lipinski definition) is 2. The van der Waals surface area contributed by atoms with Crippen molar-refractivity contribution in [2.24, 2.45) is 5.73 Å². The van der Waals surface area contributed by atoms with Crippen LogP contribution in [0.4, 0.5) is 10.6 Å². The van der Waals surface area contributed by atoms with E-state index < -0.39 is 6.09 Å². The Balaban J connectivity index is 2.51. The lowest BCUT2D eigenvalue weighted by atomic mass is 10.3. The summed E-state index contributed by atoms with van der Waals surface area (Å²) in [7, 11) is 0. The smallest absolute Gasteiger partial charge is 0.404 e. The molecule has 1 aromatic rings. The fourth-order valence-electron chi connectivity index (χ4n) is 0.983. The van der Waals surface area contributed by atoms with E-state index in [2.05, 4.69) is 15.0 Å². The minimum absolute atomic E-state index is 0.116. The van der Waals surface area contributed by atoms with Gasteiger partial charge in [-0.3, -0.25) is 0 Å². The van der Waals surface area contributed by atoms with Crippen LogP contribution in [0.3, 0.4) is 0 Å². The number of pyridine rings is 1. The minimum atomic E-state index is -0.835. The normalized spacial score (nSPS) is 9.25. The summed E-state index contributed by atoms with van der Waals surface area (Å²) < 4.78 is 4.50. The summed E-state index contributed by atoms with van der Waals surface area (Å²) in [4.78, 5) is 14.2. The molecule has 0 atom stereocenters. The van der Waals surface area contributed by atoms with E-state index in [1.54, 1.807) is 0 Å². The summed E-state index contributed by atoms with van der Waals surface area (Å²) in [6.45, 7) is 0.451. The number of nitrogens with one attached hydrogen (secondary N) is 1. The predicted molar refractivity (Wildman–Crippen MR) is 58.0 cm³/mol. The number of nitrogens with two attached hydrogens (primary N) is 1. The molecular formula is C9H9ClN4O2. The highest BCUT2D eigenvalue weighted by Gasteiger charge is 2.00. The number of carbonyl (C=O) groups excluding carboxylic acids is 1. The maximum Gasteiger partial charge on any atom is 0.404 e. The molecule has 0 fully saturated rings. The molecule has 84 valence electrons. The van der Waals surface area contributed by atoms with Gasteiger partial charge in [0.15, 0.2) is 0 Å². The lowest BCUT2D eigenvalue weighted by molar-refractivity contribution is 0.161. The van der Waals surface area contributed by atoms with Gasteiger partial charge in [0.05, 0.1) is 18.2 Å². The molecule has 0 aliphatic rings. The van der Waals surface area contributed by atoms with Crippen molar-refractivity contribution in [1.29, 1.82) is 5.26 Å². The molecule has 0 radical (unpaired) electrons. The Morgan fingerprint density at radius 1 is 1.69 bits per heavy atom. The molecule has 0 saturated carbocycles. The second kappa shape index (κ2) is 5.78. The zero-order valence-electron chi connectivity index (χ0n) is 8.24. The van der Waals surface area contributed by atoms with Crippen molar-refractivity contribution in [3.8, 4) is 6.07 Å². The number of hydrogen-bond acceptors (Lipinski definition) is 5. The number of carbonyl (C=O) groups is 1. The zero-order chi connectivity index (χ0) is 12.0. The SMILES string of the molecule is N#Cc1cc(Cl)nc(NCCOC(N)=O)c1. The third-order valence-corrected chi connectivity index (χ3v) is 1.77. The van der Waals surface area contributed by atoms with Gasteiger partial charge in [-0.15, -0.1) is 0 Å². The summed E-state index contributed by atoms with van der Waals surface area (Å²) in [6.07, 6.45) is -0.835. The second-order valence-corrected chi connectivity index (χ2v) is 3.16. The van der Waals surface area contributed by atoms with E-state index in [9.17, 15) is 4.79 Å². The molecule has 1 rings (SSSR count). The maximum atomic E-state index is 10.3. The van der Waals surface area contributed by atoms with Gasteiger partial charge in [0.1, 0.15) is 17.6 Å². The summed E-state index contributed by atoms with van der Waals surface area (Å²) in [5.41, 5.74) is 5.17. The molecule has 1 amide bonds. The van der Waals surface area contributed by atoms with Gasteiger partial charge < -0.3 is 15.8 Å². The van der Waals surface area contributed by atoms with Gasteiger partial charge in [-0.2, -0.15) is 5.26 Å². The number of amides is 1. The van der Waals surface area contributed by atoms with Crippen molar-refractivity contribution in [3.63, 3.8) is 0 Å². The highest BCUT2D eigenvalue weighted by Crippen LogP contribution is 2.13. The summed E-state index contributed by atoms with van der Waals surface area (Å²) in [5, 5.41) is 11.7. The standard InChI is InChI=1S/C9H9ClN4O2/c10-7-3-6(5-11)4-8(14-7)13-1-2-16-9(12)15/h3-4H,1-2H2,(H2,12,15)(H,13,14). The van der Waals surface area contributed by atoms with Crippen LogP contribution in [-0.2, 0) is 4.74 Å². The summed E-state index contributed by atoms with van der Waals surface area (Å²) >= 11 is 5.68. The van der Waals surface area contributed by atoms with Crippen molar-refractivity contribution in [2.45, 2.75) is 0 Å². The number of rotatable bonds is 4. The van der Waals surface area contributed by atoms with Crippen LogP contribution in [0.1, 0.15) is 5.56 Å². The molecule has 0 aliphatic heterocycles. The second-order valence-electron chi connectivity index (χ2n) is 2.77. The molecule has 0 saturated heterocycles. The molecule has 7 heteroatoms. The van der Waals surface area contributed by atoms with Crippen LogP contribution in [-0.4, -0.2) is 24.2 Å². The van der Waals surface area contributed by atoms with E-state index in [1.165, 1.54) is 12.1 Å². The molecule has 3 N–H and O–H groups in total. The number of aromatic nitrogens is 1. The van der Waals surface area contributed by atoms with Crippen molar-refractivity contribution < 1.29 is 9.53 Å². The van der Waals surface area contributed by atoms with Crippen molar-refractivity contribution in [3.05, 3.63) is 22.8 Å². The number of ether oxygens (including phenoxy) is 1. The molecule has 0 aliphatic carbocycles. The van der Waals surface area contributed by atoms with Gasteiger partial charge in [0.25, 0.3) is 0 Å². The highest BCUT2D eigenvalue weighted by molar-refractivity contribution is 6.29. The first-order valence-corrected chi connectivity index (χ1v) is 4.73. The van der Waals surface area contributed by atoms with Crippen molar-refractivity contribution in [1.82, 2.24) is 4.98 Å². The van der Waals surface area contributed by atoms with Gasteiger partial charge >= 0.3 is 6.09 Å². The van der Waals surface area contributed by atoms with E-state index in [0.717, 1.165) is 0 Å². The fraction of sp³-hybridized carbons (Fsp3) is 0.222. The van der Waals surface area contributed by atoms with E-state index >= 15 is 0 Å². The topological polar surface area (TPSA) is 101 Å². The average Bonchev–Trinajstić information content (AvgIpc) is 2.23. The monoisotopic (exact) mass is 240 g/mol. The van der Waals surface area contributed by atoms with E-state index in [4.69, 9.17) is 22.6 Å². The Hall–Kier alpha value is -2.00. The first kappa shape index (κ1) is 12.1. The van der Waals surface area contributed by atoms with Crippen molar-refractivity contribution >= 4 is 23.5 Å². The van der Waals surface area contributed by atoms with Gasteiger partial charge in [-0.1, -0.05) is 11.6 Å². The van der Waals surface area contributed by atoms with Crippen LogP contribution >= 0.6 is 11.6 Å². The number of anilines is 1. The van der Waals surface area contributed by atoms with Crippen LogP contribution in [0, 0.1) is 11.3 Å². The largest absolute Gasteiger partial charge is 0.448 e. The zero-order valence-corrected chi connectivity index (χ0v) is 8.99. The number of primary amides is 1. The van der Waals surface area contributed by atoms with E-state index in [1.807, 2.05) is 6.07 Å². The molecular weight excluding hydrogens is 232 g/mol. The summed E-state index contributed by atoms with van der Waals surface area (Å²) in [6, 6.07) is 4.94. The Morgan fingerprint density at radius 2 is 2.44 bits per heavy atom. The van der Waals surface area contributed by atoms with Crippen LogP contribution in [0.2, 0.25) is 5.15 Å². The number of nitrogens with zero attached hydrogens (tertiary/aromatic N) is 2. The molecule has 1 heterocycles. The van der Waals surface area contributed by atoms with Crippen LogP contribution in [0.15, 0.2) is 12.1 Å². The fourth-order valence-corrected chi connectivity index (χ4v) is 1.19. The van der Waals surface area contributed by atoms with Gasteiger partial charge in [0.2, 0.25) is 0 Å². The molecule has 0 spiro atoms. The van der Waals surface area contributed by atoms with Gasteiger partial charge in [0, 0.05) is 0 Å².